The average Bonchev–Trinajstić information content (AvgIpc) is 2.82. The lowest BCUT2D eigenvalue weighted by Gasteiger charge is -2.26. The van der Waals surface area contributed by atoms with Crippen molar-refractivity contribution in [1.82, 2.24) is 15.2 Å². The highest BCUT2D eigenvalue weighted by molar-refractivity contribution is 5.40. The molecular formula is C16H26N4. The zero-order valence-corrected chi connectivity index (χ0v) is 12.5. The smallest absolute Gasteiger partial charge is 0.128 e. The molecule has 0 radical (unpaired) electrons. The lowest BCUT2D eigenvalue weighted by atomic mass is 10.2. The van der Waals surface area contributed by atoms with Gasteiger partial charge in [0.05, 0.1) is 5.69 Å². The molecule has 1 N–H and O–H groups in total. The topological polar surface area (TPSA) is 31.4 Å². The van der Waals surface area contributed by atoms with Crippen LogP contribution in [0, 0.1) is 0 Å². The molecule has 0 amide bonds. The third-order valence-corrected chi connectivity index (χ3v) is 4.48. The molecule has 2 saturated heterocycles. The molecule has 1 unspecified atom stereocenters. The molecule has 2 aliphatic heterocycles. The molecule has 110 valence electrons. The second kappa shape index (κ2) is 6.55. The fourth-order valence-corrected chi connectivity index (χ4v) is 3.41. The molecule has 4 nitrogen and oxygen atoms in total. The van der Waals surface area contributed by atoms with Crippen molar-refractivity contribution in [2.45, 2.75) is 38.8 Å². The summed E-state index contributed by atoms with van der Waals surface area (Å²) in [6.45, 7) is 8.85. The number of rotatable bonds is 4. The maximum atomic E-state index is 4.83. The Hall–Kier alpha value is -1.13. The molecule has 2 aliphatic rings. The van der Waals surface area contributed by atoms with E-state index in [2.05, 4.69) is 40.2 Å². The fraction of sp³-hybridized carbons (Fsp3) is 0.688. The van der Waals surface area contributed by atoms with E-state index in [-0.39, 0.29) is 0 Å². The van der Waals surface area contributed by atoms with Crippen LogP contribution in [0.5, 0.6) is 0 Å². The minimum Gasteiger partial charge on any atom is -0.355 e. The Bertz CT molecular complexity index is 434. The summed E-state index contributed by atoms with van der Waals surface area (Å²) in [5, 5.41) is 3.35. The highest BCUT2D eigenvalue weighted by atomic mass is 15.3. The highest BCUT2D eigenvalue weighted by Gasteiger charge is 2.29. The van der Waals surface area contributed by atoms with Gasteiger partial charge in [0.2, 0.25) is 0 Å². The van der Waals surface area contributed by atoms with Gasteiger partial charge in [-0.25, -0.2) is 4.98 Å². The van der Waals surface area contributed by atoms with Gasteiger partial charge >= 0.3 is 0 Å². The van der Waals surface area contributed by atoms with Gasteiger partial charge in [-0.1, -0.05) is 13.0 Å². The maximum Gasteiger partial charge on any atom is 0.128 e. The molecule has 0 bridgehead atoms. The summed E-state index contributed by atoms with van der Waals surface area (Å²) in [4.78, 5) is 10.00. The summed E-state index contributed by atoms with van der Waals surface area (Å²) in [5.41, 5.74) is 1.15. The van der Waals surface area contributed by atoms with Gasteiger partial charge in [-0.3, -0.25) is 4.90 Å². The molecule has 0 spiro atoms. The van der Waals surface area contributed by atoms with E-state index < -0.39 is 0 Å². The normalized spacial score (nSPS) is 23.6. The van der Waals surface area contributed by atoms with Gasteiger partial charge in [0.1, 0.15) is 5.82 Å². The quantitative estimate of drug-likeness (QED) is 0.908. The molecular weight excluding hydrogens is 248 g/mol. The van der Waals surface area contributed by atoms with E-state index in [9.17, 15) is 0 Å². The number of aromatic nitrogens is 1. The highest BCUT2D eigenvalue weighted by Crippen LogP contribution is 2.24. The first-order chi connectivity index (χ1) is 9.86. The van der Waals surface area contributed by atoms with Crippen molar-refractivity contribution in [3.8, 4) is 0 Å². The molecule has 3 heterocycles. The van der Waals surface area contributed by atoms with E-state index in [0.717, 1.165) is 43.7 Å². The first-order valence-corrected chi connectivity index (χ1v) is 8.02. The Morgan fingerprint density at radius 2 is 2.15 bits per heavy atom. The van der Waals surface area contributed by atoms with Crippen LogP contribution in [0.1, 0.15) is 31.9 Å². The number of nitrogens with zero attached hydrogens (tertiary/aromatic N) is 3. The minimum absolute atomic E-state index is 0.747. The van der Waals surface area contributed by atoms with Gasteiger partial charge < -0.3 is 10.2 Å². The van der Waals surface area contributed by atoms with E-state index in [0.29, 0.717) is 0 Å². The van der Waals surface area contributed by atoms with E-state index in [1.54, 1.807) is 0 Å². The van der Waals surface area contributed by atoms with Crippen molar-refractivity contribution < 1.29 is 0 Å². The van der Waals surface area contributed by atoms with Gasteiger partial charge in [0.25, 0.3) is 0 Å². The van der Waals surface area contributed by atoms with Crippen molar-refractivity contribution in [2.24, 2.45) is 0 Å². The van der Waals surface area contributed by atoms with Crippen LogP contribution < -0.4 is 10.2 Å². The Morgan fingerprint density at radius 3 is 3.05 bits per heavy atom. The third-order valence-electron chi connectivity index (χ3n) is 4.48. The Kier molecular flexibility index (Phi) is 4.53. The van der Waals surface area contributed by atoms with Gasteiger partial charge in [-0.15, -0.1) is 0 Å². The van der Waals surface area contributed by atoms with Crippen molar-refractivity contribution in [2.75, 3.05) is 37.6 Å². The largest absolute Gasteiger partial charge is 0.355 e. The van der Waals surface area contributed by atoms with Crippen LogP contribution in [0.3, 0.4) is 0 Å². The lowest BCUT2D eigenvalue weighted by Crippen LogP contribution is -2.37. The molecule has 0 aromatic carbocycles. The molecule has 0 aliphatic carbocycles. The van der Waals surface area contributed by atoms with Crippen molar-refractivity contribution in [1.29, 1.82) is 0 Å². The Balaban J connectivity index is 1.70. The summed E-state index contributed by atoms with van der Waals surface area (Å²) in [5.74, 6) is 1.16. The van der Waals surface area contributed by atoms with Crippen LogP contribution in [0.15, 0.2) is 18.2 Å². The Labute approximate surface area is 122 Å². The van der Waals surface area contributed by atoms with Crippen LogP contribution in [-0.2, 0) is 6.54 Å². The molecule has 1 aromatic heterocycles. The second-order valence-corrected chi connectivity index (χ2v) is 5.90. The predicted octanol–water partition coefficient (Wildman–Crippen LogP) is 1.87. The first kappa shape index (κ1) is 13.8. The van der Waals surface area contributed by atoms with Crippen LogP contribution in [0.2, 0.25) is 0 Å². The summed E-state index contributed by atoms with van der Waals surface area (Å²) in [7, 11) is 0. The third kappa shape index (κ3) is 3.13. The zero-order chi connectivity index (χ0) is 13.8. The van der Waals surface area contributed by atoms with Gasteiger partial charge in [0, 0.05) is 32.2 Å². The molecule has 20 heavy (non-hydrogen) atoms. The number of fused-ring (bicyclic) bond motifs is 1. The summed E-state index contributed by atoms with van der Waals surface area (Å²) in [6.07, 6.45) is 3.98. The number of hydrogen-bond acceptors (Lipinski definition) is 4. The van der Waals surface area contributed by atoms with Crippen LogP contribution in [-0.4, -0.2) is 48.6 Å². The average molecular weight is 274 g/mol. The van der Waals surface area contributed by atoms with Crippen LogP contribution >= 0.6 is 0 Å². The van der Waals surface area contributed by atoms with Crippen molar-refractivity contribution in [3.63, 3.8) is 0 Å². The van der Waals surface area contributed by atoms with E-state index in [1.165, 1.54) is 32.4 Å². The number of nitrogens with one attached hydrogen (secondary N) is 1. The molecule has 3 rings (SSSR count). The maximum absolute atomic E-state index is 4.83. The summed E-state index contributed by atoms with van der Waals surface area (Å²) < 4.78 is 0. The standard InChI is InChI=1S/C16H26N4/c1-2-17-12-14-6-3-8-16(18-14)20-11-5-10-19-9-4-7-15(19)13-20/h3,6,8,15,17H,2,4-5,7,9-13H2,1H3. The van der Waals surface area contributed by atoms with Crippen molar-refractivity contribution in [3.05, 3.63) is 23.9 Å². The molecule has 1 aromatic rings. The molecule has 0 saturated carbocycles. The fourth-order valence-electron chi connectivity index (χ4n) is 3.41. The second-order valence-electron chi connectivity index (χ2n) is 5.90. The number of hydrogen-bond donors (Lipinski definition) is 1. The van der Waals surface area contributed by atoms with Gasteiger partial charge in [-0.2, -0.15) is 0 Å². The summed E-state index contributed by atoms with van der Waals surface area (Å²) in [6, 6.07) is 7.18. The monoisotopic (exact) mass is 274 g/mol. The summed E-state index contributed by atoms with van der Waals surface area (Å²) >= 11 is 0. The van der Waals surface area contributed by atoms with E-state index in [4.69, 9.17) is 4.98 Å². The predicted molar refractivity (Wildman–Crippen MR) is 83.0 cm³/mol. The number of pyridine rings is 1. The molecule has 1 atom stereocenters. The van der Waals surface area contributed by atoms with Gasteiger partial charge in [-0.05, 0) is 44.5 Å². The van der Waals surface area contributed by atoms with E-state index in [1.807, 2.05) is 0 Å². The van der Waals surface area contributed by atoms with Crippen LogP contribution in [0.25, 0.3) is 0 Å². The Morgan fingerprint density at radius 1 is 1.25 bits per heavy atom. The van der Waals surface area contributed by atoms with Crippen molar-refractivity contribution >= 4 is 5.82 Å². The minimum atomic E-state index is 0.747. The van der Waals surface area contributed by atoms with Gasteiger partial charge in [0.15, 0.2) is 0 Å². The SMILES string of the molecule is CCNCc1cccc(N2CCCN3CCCC3C2)n1. The lowest BCUT2D eigenvalue weighted by molar-refractivity contribution is 0.273. The number of anilines is 1. The first-order valence-electron chi connectivity index (χ1n) is 8.02. The van der Waals surface area contributed by atoms with E-state index >= 15 is 0 Å². The van der Waals surface area contributed by atoms with Crippen LogP contribution in [0.4, 0.5) is 5.82 Å². The molecule has 2 fully saturated rings. The zero-order valence-electron chi connectivity index (χ0n) is 12.5. The molecule has 4 heteroatoms.